The van der Waals surface area contributed by atoms with E-state index in [1.54, 1.807) is 0 Å². The van der Waals surface area contributed by atoms with E-state index in [0.717, 1.165) is 50.4 Å². The van der Waals surface area contributed by atoms with Crippen LogP contribution in [0.4, 0.5) is 0 Å². The van der Waals surface area contributed by atoms with E-state index in [-0.39, 0.29) is 19.5 Å². The predicted molar refractivity (Wildman–Crippen MR) is 257 cm³/mol. The van der Waals surface area contributed by atoms with Gasteiger partial charge in [0.15, 0.2) is 0 Å². The van der Waals surface area contributed by atoms with E-state index in [0.29, 0.717) is 0 Å². The molecular weight excluding hydrogens is 830 g/mol. The molecule has 3 aromatic heterocycles. The molecule has 61 heavy (non-hydrogen) atoms. The normalized spacial score (nSPS) is 12.0. The van der Waals surface area contributed by atoms with Gasteiger partial charge < -0.3 is 9.55 Å². The van der Waals surface area contributed by atoms with Gasteiger partial charge in [-0.15, -0.1) is 0 Å². The van der Waals surface area contributed by atoms with Gasteiger partial charge in [-0.1, -0.05) is 70.8 Å². The van der Waals surface area contributed by atoms with Crippen molar-refractivity contribution in [3.05, 3.63) is 168 Å². The summed E-state index contributed by atoms with van der Waals surface area (Å²) in [6, 6.07) is 29.6. The number of aryl methyl sites for hydroxylation is 12. The van der Waals surface area contributed by atoms with Crippen LogP contribution in [-0.4, -0.2) is 19.5 Å². The third-order valence-corrected chi connectivity index (χ3v) is 12.3. The number of H-pyrrole nitrogens is 1. The molecule has 0 saturated heterocycles. The first-order valence-electron chi connectivity index (χ1n) is 21.1. The van der Waals surface area contributed by atoms with Crippen LogP contribution < -0.4 is 0 Å². The second-order valence-electron chi connectivity index (χ2n) is 17.6. The molecule has 0 atom stereocenters. The third-order valence-electron chi connectivity index (χ3n) is 12.3. The first-order valence-corrected chi connectivity index (χ1v) is 21.1. The maximum absolute atomic E-state index is 5.56. The summed E-state index contributed by atoms with van der Waals surface area (Å²) >= 11 is 0. The first-order chi connectivity index (χ1) is 28.6. The SMILES string of the molecule is Cc1cc(C)c(-c2c(-c3c(C)cc(C)cc3C)c3c(-c4c(C)cc(C)cc4C)c4nc(cc5ccc(cc6nc(cc2n3-c2c(C)cc(C)cc2C)C=C6)[nH]5)C=C4)c(C)c1.[Ru]. The van der Waals surface area contributed by atoms with Crippen molar-refractivity contribution in [3.8, 4) is 39.1 Å². The fourth-order valence-electron chi connectivity index (χ4n) is 10.5. The number of aromatic amines is 1. The van der Waals surface area contributed by atoms with Crippen LogP contribution in [0.1, 0.15) is 89.5 Å². The second kappa shape index (κ2) is 15.9. The van der Waals surface area contributed by atoms with E-state index >= 15 is 0 Å². The number of hydrogen-bond acceptors (Lipinski definition) is 2. The molecule has 7 aromatic rings. The summed E-state index contributed by atoms with van der Waals surface area (Å²) in [5, 5.41) is 0. The zero-order valence-corrected chi connectivity index (χ0v) is 39.2. The molecule has 0 unspecified atom stereocenters. The van der Waals surface area contributed by atoms with Gasteiger partial charge in [-0.25, -0.2) is 9.97 Å². The summed E-state index contributed by atoms with van der Waals surface area (Å²) in [7, 11) is 0. The van der Waals surface area contributed by atoms with E-state index in [9.17, 15) is 0 Å². The summed E-state index contributed by atoms with van der Waals surface area (Å²) in [6.07, 6.45) is 8.69. The van der Waals surface area contributed by atoms with Crippen LogP contribution in [0.15, 0.2) is 78.9 Å². The maximum Gasteiger partial charge on any atom is 0.0737 e. The smallest absolute Gasteiger partial charge is 0.0737 e. The standard InChI is InChI=1S/C56H54N4.Ru/c1-30-19-34(5)49(35(6)20-30)52-47-18-17-45(59-47)28-44-14-13-42(57-44)27-43-15-16-46(58-43)29-48-53(50-36(7)21-31(2)22-37(50)8)54(51-38(9)23-32(3)24-39(51)10)56(52)60(48)55-40(11)25-33(4)26-41(55)12;/h13-29,57H,1-12H3;. The van der Waals surface area contributed by atoms with Crippen molar-refractivity contribution in [2.45, 2.75) is 83.1 Å². The molecule has 0 amide bonds. The van der Waals surface area contributed by atoms with Gasteiger partial charge in [-0.3, -0.25) is 0 Å². The molecule has 4 nitrogen and oxygen atoms in total. The van der Waals surface area contributed by atoms with Crippen molar-refractivity contribution in [3.63, 3.8) is 0 Å². The van der Waals surface area contributed by atoms with Gasteiger partial charge in [0.2, 0.25) is 0 Å². The average Bonchev–Trinajstić information content (AvgIpc) is 3.95. The van der Waals surface area contributed by atoms with Crippen molar-refractivity contribution < 1.29 is 19.5 Å². The minimum Gasteiger partial charge on any atom is -0.355 e. The van der Waals surface area contributed by atoms with Gasteiger partial charge in [0, 0.05) is 47.2 Å². The number of nitrogens with zero attached hydrogens (tertiary/aromatic N) is 3. The van der Waals surface area contributed by atoms with Crippen molar-refractivity contribution in [2.24, 2.45) is 0 Å². The van der Waals surface area contributed by atoms with Gasteiger partial charge >= 0.3 is 0 Å². The van der Waals surface area contributed by atoms with E-state index in [2.05, 4.69) is 196 Å². The number of nitrogens with one attached hydrogen (secondary N) is 1. The van der Waals surface area contributed by atoms with E-state index < -0.39 is 0 Å². The van der Waals surface area contributed by atoms with Crippen molar-refractivity contribution in [1.29, 1.82) is 0 Å². The zero-order valence-electron chi connectivity index (χ0n) is 37.5. The minimum atomic E-state index is 0. The molecule has 306 valence electrons. The predicted octanol–water partition coefficient (Wildman–Crippen LogP) is 14.8. The Hall–Kier alpha value is -5.90. The van der Waals surface area contributed by atoms with Gasteiger partial charge in [0.05, 0.1) is 39.5 Å². The molecule has 0 radical (unpaired) electrons. The van der Waals surface area contributed by atoms with Crippen LogP contribution in [0.25, 0.3) is 85.4 Å². The van der Waals surface area contributed by atoms with Crippen LogP contribution in [0.5, 0.6) is 0 Å². The molecule has 9 rings (SSSR count). The first kappa shape index (κ1) is 41.8. The Morgan fingerprint density at radius 1 is 0.377 bits per heavy atom. The Morgan fingerprint density at radius 2 is 0.754 bits per heavy atom. The zero-order chi connectivity index (χ0) is 42.3. The van der Waals surface area contributed by atoms with Crippen molar-refractivity contribution in [2.75, 3.05) is 0 Å². The summed E-state index contributed by atoms with van der Waals surface area (Å²) in [5.74, 6) is 0. The molecule has 5 heteroatoms. The summed E-state index contributed by atoms with van der Waals surface area (Å²) < 4.78 is 2.60. The van der Waals surface area contributed by atoms with E-state index in [1.165, 1.54) is 100 Å². The van der Waals surface area contributed by atoms with Crippen LogP contribution in [0.2, 0.25) is 0 Å². The Balaban J connectivity index is 0.00000514. The molecule has 8 bridgehead atoms. The third kappa shape index (κ3) is 7.38. The largest absolute Gasteiger partial charge is 0.355 e. The number of rotatable bonds is 4. The Kier molecular flexibility index (Phi) is 10.9. The van der Waals surface area contributed by atoms with E-state index in [4.69, 9.17) is 9.97 Å². The average molecular weight is 884 g/mol. The molecule has 1 N–H and O–H groups in total. The molecule has 0 fully saturated rings. The Bertz CT molecular complexity index is 3130. The molecular formula is C56H54N4Ru. The van der Waals surface area contributed by atoms with Crippen LogP contribution in [-0.2, 0) is 19.5 Å². The quantitative estimate of drug-likeness (QED) is 0.179. The van der Waals surface area contributed by atoms with E-state index in [1.807, 2.05) is 0 Å². The number of benzene rings is 4. The molecule has 2 aliphatic rings. The monoisotopic (exact) mass is 884 g/mol. The fraction of sp³-hybridized carbons (Fsp3) is 0.214. The van der Waals surface area contributed by atoms with Gasteiger partial charge in [-0.05, 0) is 199 Å². The molecule has 2 aliphatic heterocycles. The Labute approximate surface area is 374 Å². The van der Waals surface area contributed by atoms with Crippen LogP contribution in [0, 0.1) is 83.1 Å². The summed E-state index contributed by atoms with van der Waals surface area (Å²) in [4.78, 5) is 14.4. The minimum absolute atomic E-state index is 0. The van der Waals surface area contributed by atoms with Gasteiger partial charge in [0.1, 0.15) is 0 Å². The maximum atomic E-state index is 5.56. The second-order valence-corrected chi connectivity index (χ2v) is 17.6. The molecule has 0 saturated carbocycles. The molecule has 0 spiro atoms. The molecule has 5 heterocycles. The van der Waals surface area contributed by atoms with Crippen LogP contribution >= 0.6 is 0 Å². The number of aromatic nitrogens is 4. The number of hydrogen-bond donors (Lipinski definition) is 1. The fourth-order valence-corrected chi connectivity index (χ4v) is 10.5. The van der Waals surface area contributed by atoms with Crippen molar-refractivity contribution in [1.82, 2.24) is 19.5 Å². The van der Waals surface area contributed by atoms with Gasteiger partial charge in [-0.2, -0.15) is 0 Å². The summed E-state index contributed by atoms with van der Waals surface area (Å²) in [5.41, 5.74) is 31.2. The topological polar surface area (TPSA) is 46.5 Å². The van der Waals surface area contributed by atoms with Crippen molar-refractivity contribution >= 4 is 46.4 Å². The van der Waals surface area contributed by atoms with Crippen LogP contribution in [0.3, 0.4) is 0 Å². The number of fused-ring (bicyclic) bond motifs is 8. The summed E-state index contributed by atoms with van der Waals surface area (Å²) in [6.45, 7) is 27.0. The molecule has 0 aliphatic carbocycles. The van der Waals surface area contributed by atoms with Gasteiger partial charge in [0.25, 0.3) is 0 Å². The molecule has 4 aromatic carbocycles. The Morgan fingerprint density at radius 3 is 1.23 bits per heavy atom.